The van der Waals surface area contributed by atoms with Crippen LogP contribution < -0.4 is 4.74 Å². The molecule has 3 aromatic rings. The molecular formula is C22H23N3O2. The third-order valence-corrected chi connectivity index (χ3v) is 5.89. The van der Waals surface area contributed by atoms with E-state index in [-0.39, 0.29) is 24.1 Å². The van der Waals surface area contributed by atoms with Gasteiger partial charge in [0.15, 0.2) is 0 Å². The number of fused-ring (bicyclic) bond motifs is 3. The van der Waals surface area contributed by atoms with Gasteiger partial charge in [0.25, 0.3) is 0 Å². The molecule has 5 heteroatoms. The summed E-state index contributed by atoms with van der Waals surface area (Å²) < 4.78 is 8.14. The minimum atomic E-state index is 0.147. The molecule has 5 nitrogen and oxygen atoms in total. The number of piperidine rings is 1. The standard InChI is InChI=1S/C22H23N3O2/c26-22(15-24-12-10-16-5-1-2-6-20(16)24)25-17-8-9-18(25)14-19(13-17)27-21-7-3-4-11-23-21/h1-7,10-12,17-19H,8-9,13-15H2. The Morgan fingerprint density at radius 1 is 1.04 bits per heavy atom. The minimum Gasteiger partial charge on any atom is -0.474 e. The molecular weight excluding hydrogens is 338 g/mol. The number of ether oxygens (including phenoxy) is 1. The molecule has 1 amide bonds. The Labute approximate surface area is 158 Å². The Morgan fingerprint density at radius 2 is 1.81 bits per heavy atom. The van der Waals surface area contributed by atoms with Gasteiger partial charge < -0.3 is 14.2 Å². The fraction of sp³-hybridized carbons (Fsp3) is 0.364. The number of benzene rings is 1. The van der Waals surface area contributed by atoms with E-state index in [4.69, 9.17) is 4.74 Å². The van der Waals surface area contributed by atoms with Crippen molar-refractivity contribution in [3.63, 3.8) is 0 Å². The number of aromatic nitrogens is 2. The van der Waals surface area contributed by atoms with E-state index in [0.29, 0.717) is 12.4 Å². The van der Waals surface area contributed by atoms with Crippen molar-refractivity contribution >= 4 is 16.8 Å². The first-order valence-corrected chi connectivity index (χ1v) is 9.70. The Bertz CT molecular complexity index is 938. The van der Waals surface area contributed by atoms with E-state index in [2.05, 4.69) is 32.7 Å². The quantitative estimate of drug-likeness (QED) is 0.713. The molecule has 2 unspecified atom stereocenters. The summed E-state index contributed by atoms with van der Waals surface area (Å²) in [5.74, 6) is 0.903. The van der Waals surface area contributed by atoms with Crippen LogP contribution >= 0.6 is 0 Å². The molecule has 4 heterocycles. The predicted octanol–water partition coefficient (Wildman–Crippen LogP) is 3.64. The summed E-state index contributed by atoms with van der Waals surface area (Å²) >= 11 is 0. The molecule has 2 fully saturated rings. The third-order valence-electron chi connectivity index (χ3n) is 5.89. The predicted molar refractivity (Wildman–Crippen MR) is 103 cm³/mol. The van der Waals surface area contributed by atoms with Gasteiger partial charge in [-0.15, -0.1) is 0 Å². The van der Waals surface area contributed by atoms with E-state index in [1.807, 2.05) is 36.5 Å². The molecule has 1 aromatic carbocycles. The first kappa shape index (κ1) is 16.4. The molecule has 2 saturated heterocycles. The number of carbonyl (C=O) groups excluding carboxylic acids is 1. The van der Waals surface area contributed by atoms with Crippen LogP contribution in [0.3, 0.4) is 0 Å². The molecule has 2 aliphatic rings. The van der Waals surface area contributed by atoms with Crippen LogP contribution in [0.4, 0.5) is 0 Å². The van der Waals surface area contributed by atoms with Crippen LogP contribution in [0.25, 0.3) is 10.9 Å². The molecule has 0 spiro atoms. The minimum absolute atomic E-state index is 0.147. The largest absolute Gasteiger partial charge is 0.474 e. The number of hydrogen-bond acceptors (Lipinski definition) is 3. The maximum Gasteiger partial charge on any atom is 0.243 e. The first-order valence-electron chi connectivity index (χ1n) is 9.70. The second-order valence-corrected chi connectivity index (χ2v) is 7.57. The molecule has 5 rings (SSSR count). The molecule has 0 aliphatic carbocycles. The second kappa shape index (κ2) is 6.72. The molecule has 2 aromatic heterocycles. The van der Waals surface area contributed by atoms with Crippen LogP contribution in [-0.4, -0.2) is 38.5 Å². The van der Waals surface area contributed by atoms with Gasteiger partial charge in [-0.1, -0.05) is 24.3 Å². The monoisotopic (exact) mass is 361 g/mol. The van der Waals surface area contributed by atoms with Crippen molar-refractivity contribution in [2.75, 3.05) is 0 Å². The highest BCUT2D eigenvalue weighted by Crippen LogP contribution is 2.37. The van der Waals surface area contributed by atoms with Crippen LogP contribution in [0.1, 0.15) is 25.7 Å². The average Bonchev–Trinajstić information content (AvgIpc) is 3.21. The van der Waals surface area contributed by atoms with E-state index >= 15 is 0 Å². The van der Waals surface area contributed by atoms with Crippen LogP contribution in [0.15, 0.2) is 60.9 Å². The molecule has 0 N–H and O–H groups in total. The fourth-order valence-electron chi connectivity index (χ4n) is 4.72. The van der Waals surface area contributed by atoms with E-state index < -0.39 is 0 Å². The van der Waals surface area contributed by atoms with Crippen molar-refractivity contribution in [1.82, 2.24) is 14.5 Å². The van der Waals surface area contributed by atoms with Crippen LogP contribution in [0.2, 0.25) is 0 Å². The lowest BCUT2D eigenvalue weighted by Gasteiger charge is -2.38. The van der Waals surface area contributed by atoms with E-state index in [9.17, 15) is 4.79 Å². The molecule has 2 atom stereocenters. The Kier molecular flexibility index (Phi) is 4.07. The van der Waals surface area contributed by atoms with Gasteiger partial charge >= 0.3 is 0 Å². The number of pyridine rings is 1. The highest BCUT2D eigenvalue weighted by Gasteiger charge is 2.44. The summed E-state index contributed by atoms with van der Waals surface area (Å²) in [7, 11) is 0. The SMILES string of the molecule is O=C(Cn1ccc2ccccc21)N1C2CCC1CC(Oc1ccccn1)C2. The van der Waals surface area contributed by atoms with Gasteiger partial charge in [0.05, 0.1) is 0 Å². The zero-order valence-electron chi connectivity index (χ0n) is 15.2. The number of hydrogen-bond donors (Lipinski definition) is 0. The zero-order chi connectivity index (χ0) is 18.2. The maximum atomic E-state index is 13.1. The number of rotatable bonds is 4. The molecule has 0 saturated carbocycles. The number of para-hydroxylation sites is 1. The molecule has 2 aliphatic heterocycles. The first-order chi connectivity index (χ1) is 13.3. The van der Waals surface area contributed by atoms with Crippen LogP contribution in [-0.2, 0) is 11.3 Å². The highest BCUT2D eigenvalue weighted by molar-refractivity contribution is 5.83. The third kappa shape index (κ3) is 3.07. The summed E-state index contributed by atoms with van der Waals surface area (Å²) in [6.07, 6.45) is 7.85. The molecule has 2 bridgehead atoms. The molecule has 27 heavy (non-hydrogen) atoms. The van der Waals surface area contributed by atoms with Gasteiger partial charge in [0.1, 0.15) is 12.6 Å². The van der Waals surface area contributed by atoms with Gasteiger partial charge in [-0.05, 0) is 36.4 Å². The zero-order valence-corrected chi connectivity index (χ0v) is 15.2. The Hall–Kier alpha value is -2.82. The smallest absolute Gasteiger partial charge is 0.243 e. The topological polar surface area (TPSA) is 47.4 Å². The normalized spacial score (nSPS) is 24.3. The number of nitrogens with zero attached hydrogens (tertiary/aromatic N) is 3. The number of carbonyl (C=O) groups is 1. The van der Waals surface area contributed by atoms with Crippen molar-refractivity contribution in [2.45, 2.75) is 50.4 Å². The van der Waals surface area contributed by atoms with E-state index in [1.54, 1.807) is 6.20 Å². The molecule has 138 valence electrons. The van der Waals surface area contributed by atoms with Crippen molar-refractivity contribution < 1.29 is 9.53 Å². The summed E-state index contributed by atoms with van der Waals surface area (Å²) in [5, 5.41) is 1.18. The summed E-state index contributed by atoms with van der Waals surface area (Å²) in [4.78, 5) is 19.5. The lowest BCUT2D eigenvalue weighted by atomic mass is 9.99. The number of amides is 1. The summed E-state index contributed by atoms with van der Waals surface area (Å²) in [6, 6.07) is 16.6. The Balaban J connectivity index is 1.28. The van der Waals surface area contributed by atoms with Gasteiger partial charge in [-0.2, -0.15) is 0 Å². The van der Waals surface area contributed by atoms with Crippen molar-refractivity contribution in [2.24, 2.45) is 0 Å². The van der Waals surface area contributed by atoms with Crippen molar-refractivity contribution in [1.29, 1.82) is 0 Å². The van der Waals surface area contributed by atoms with Crippen LogP contribution in [0.5, 0.6) is 5.88 Å². The second-order valence-electron chi connectivity index (χ2n) is 7.57. The Morgan fingerprint density at radius 3 is 2.59 bits per heavy atom. The maximum absolute atomic E-state index is 13.1. The van der Waals surface area contributed by atoms with Gasteiger partial charge in [0, 0.05) is 48.9 Å². The lowest BCUT2D eigenvalue weighted by molar-refractivity contribution is -0.137. The van der Waals surface area contributed by atoms with Crippen LogP contribution in [0, 0.1) is 0 Å². The summed E-state index contributed by atoms with van der Waals surface area (Å²) in [5.41, 5.74) is 1.12. The molecule has 0 radical (unpaired) electrons. The van der Waals surface area contributed by atoms with Crippen molar-refractivity contribution in [3.8, 4) is 5.88 Å². The van der Waals surface area contributed by atoms with E-state index in [0.717, 1.165) is 31.2 Å². The van der Waals surface area contributed by atoms with Gasteiger partial charge in [0.2, 0.25) is 11.8 Å². The van der Waals surface area contributed by atoms with Gasteiger partial charge in [-0.25, -0.2) is 4.98 Å². The summed E-state index contributed by atoms with van der Waals surface area (Å²) in [6.45, 7) is 0.409. The van der Waals surface area contributed by atoms with Crippen molar-refractivity contribution in [3.05, 3.63) is 60.9 Å². The fourth-order valence-corrected chi connectivity index (χ4v) is 4.72. The average molecular weight is 361 g/mol. The van der Waals surface area contributed by atoms with E-state index in [1.165, 1.54) is 5.39 Å². The highest BCUT2D eigenvalue weighted by atomic mass is 16.5. The van der Waals surface area contributed by atoms with Gasteiger partial charge in [-0.3, -0.25) is 4.79 Å². The lowest BCUT2D eigenvalue weighted by Crippen LogP contribution is -2.50.